The van der Waals surface area contributed by atoms with Crippen LogP contribution in [-0.2, 0) is 22.7 Å². The zero-order valence-corrected chi connectivity index (χ0v) is 15.9. The van der Waals surface area contributed by atoms with Gasteiger partial charge in [0, 0.05) is 0 Å². The van der Waals surface area contributed by atoms with Gasteiger partial charge in [-0.3, -0.25) is 0 Å². The number of benzene rings is 2. The molecule has 0 heterocycles. The summed E-state index contributed by atoms with van der Waals surface area (Å²) in [5.74, 6) is 0.124. The Morgan fingerprint density at radius 2 is 1.04 bits per heavy atom. The number of rotatable bonds is 6. The Labute approximate surface area is 156 Å². The maximum Gasteiger partial charge on any atom is 0.150 e. The molecule has 0 bridgehead atoms. The van der Waals surface area contributed by atoms with Crippen LogP contribution in [-0.4, -0.2) is 19.9 Å². The maximum absolute atomic E-state index is 12.2. The van der Waals surface area contributed by atoms with Gasteiger partial charge in [0.2, 0.25) is 0 Å². The first kappa shape index (κ1) is 18.9. The van der Waals surface area contributed by atoms with E-state index in [1.54, 1.807) is 36.4 Å². The average Bonchev–Trinajstić information content (AvgIpc) is 2.50. The lowest BCUT2D eigenvalue weighted by Gasteiger charge is -2.07. The zero-order valence-electron chi connectivity index (χ0n) is 12.0. The topological polar surface area (TPSA) is 34.1 Å². The summed E-state index contributed by atoms with van der Waals surface area (Å²) in [6.07, 6.45) is 0.807. The molecule has 0 aliphatic carbocycles. The first-order valence-electron chi connectivity index (χ1n) is 6.85. The molecule has 0 aliphatic heterocycles. The minimum absolute atomic E-state index is 0.0618. The van der Waals surface area contributed by atoms with Gasteiger partial charge in [-0.15, -0.1) is 0 Å². The van der Waals surface area contributed by atoms with Crippen LogP contribution in [0.5, 0.6) is 0 Å². The van der Waals surface area contributed by atoms with Crippen LogP contribution in [0.1, 0.15) is 11.1 Å². The van der Waals surface area contributed by atoms with E-state index < -0.39 is 9.84 Å². The van der Waals surface area contributed by atoms with Gasteiger partial charge in [0.05, 0.1) is 31.6 Å². The van der Waals surface area contributed by atoms with Crippen LogP contribution in [0.3, 0.4) is 0 Å². The molecule has 0 saturated carbocycles. The third-order valence-electron chi connectivity index (χ3n) is 3.37. The van der Waals surface area contributed by atoms with E-state index in [9.17, 15) is 8.42 Å². The molecule has 2 nitrogen and oxygen atoms in total. The lowest BCUT2D eigenvalue weighted by atomic mass is 10.2. The van der Waals surface area contributed by atoms with E-state index >= 15 is 0 Å². The van der Waals surface area contributed by atoms with Gasteiger partial charge >= 0.3 is 0 Å². The predicted molar refractivity (Wildman–Crippen MR) is 99.0 cm³/mol. The molecule has 7 heteroatoms. The van der Waals surface area contributed by atoms with Crippen molar-refractivity contribution < 1.29 is 8.42 Å². The van der Waals surface area contributed by atoms with Gasteiger partial charge in [-0.05, 0) is 48.2 Å². The van der Waals surface area contributed by atoms with Crippen molar-refractivity contribution in [1.29, 1.82) is 0 Å². The fourth-order valence-electron chi connectivity index (χ4n) is 2.04. The molecule has 2 aromatic rings. The van der Waals surface area contributed by atoms with Crippen LogP contribution >= 0.6 is 46.4 Å². The highest BCUT2D eigenvalue weighted by Crippen LogP contribution is 2.24. The van der Waals surface area contributed by atoms with Crippen LogP contribution in [0, 0.1) is 0 Å². The van der Waals surface area contributed by atoms with Gasteiger partial charge in [-0.2, -0.15) is 0 Å². The summed E-state index contributed by atoms with van der Waals surface area (Å²) in [5, 5.41) is 1.77. The third kappa shape index (κ3) is 5.84. The Bertz CT molecular complexity index is 742. The van der Waals surface area contributed by atoms with Gasteiger partial charge in [-0.1, -0.05) is 58.5 Å². The SMILES string of the molecule is O=S(=O)(CCc1ccc(Cl)c(Cl)c1)CCc1ccc(Cl)c(Cl)c1. The number of sulfone groups is 1. The Balaban J connectivity index is 1.93. The van der Waals surface area contributed by atoms with Crippen molar-refractivity contribution in [2.24, 2.45) is 0 Å². The second kappa shape index (κ2) is 8.09. The molecule has 0 aliphatic rings. The first-order valence-corrected chi connectivity index (χ1v) is 10.2. The minimum atomic E-state index is -3.18. The van der Waals surface area contributed by atoms with Gasteiger partial charge in [-0.25, -0.2) is 8.42 Å². The number of halogens is 4. The highest BCUT2D eigenvalue weighted by molar-refractivity contribution is 7.91. The van der Waals surface area contributed by atoms with Crippen molar-refractivity contribution in [2.45, 2.75) is 12.8 Å². The minimum Gasteiger partial charge on any atom is -0.229 e. The Morgan fingerprint density at radius 1 is 0.652 bits per heavy atom. The number of aryl methyl sites for hydroxylation is 2. The van der Waals surface area contributed by atoms with Crippen LogP contribution in [0.2, 0.25) is 20.1 Å². The van der Waals surface area contributed by atoms with E-state index in [1.807, 2.05) is 0 Å². The lowest BCUT2D eigenvalue weighted by Crippen LogP contribution is -2.15. The summed E-state index contributed by atoms with van der Waals surface area (Å²) in [5.41, 5.74) is 1.69. The normalized spacial score (nSPS) is 11.7. The molecule has 2 rings (SSSR count). The van der Waals surface area contributed by atoms with Gasteiger partial charge in [0.25, 0.3) is 0 Å². The van der Waals surface area contributed by atoms with Crippen molar-refractivity contribution in [3.63, 3.8) is 0 Å². The van der Waals surface area contributed by atoms with E-state index in [4.69, 9.17) is 46.4 Å². The van der Waals surface area contributed by atoms with E-state index in [2.05, 4.69) is 0 Å². The largest absolute Gasteiger partial charge is 0.229 e. The Kier molecular flexibility index (Phi) is 6.64. The highest BCUT2D eigenvalue weighted by Gasteiger charge is 2.12. The van der Waals surface area contributed by atoms with Crippen LogP contribution in [0.25, 0.3) is 0 Å². The first-order chi connectivity index (χ1) is 10.8. The van der Waals surface area contributed by atoms with Crippen molar-refractivity contribution in [3.05, 3.63) is 67.6 Å². The van der Waals surface area contributed by atoms with E-state index in [0.717, 1.165) is 11.1 Å². The second-order valence-electron chi connectivity index (χ2n) is 5.15. The molecule has 0 spiro atoms. The molecule has 0 radical (unpaired) electrons. The molecule has 2 aromatic carbocycles. The van der Waals surface area contributed by atoms with Crippen LogP contribution < -0.4 is 0 Å². The molecule has 0 aromatic heterocycles. The van der Waals surface area contributed by atoms with Gasteiger partial charge < -0.3 is 0 Å². The van der Waals surface area contributed by atoms with Gasteiger partial charge in [0.1, 0.15) is 0 Å². The lowest BCUT2D eigenvalue weighted by molar-refractivity contribution is 0.594. The van der Waals surface area contributed by atoms with Crippen LogP contribution in [0.4, 0.5) is 0 Å². The molecule has 0 unspecified atom stereocenters. The number of hydrogen-bond donors (Lipinski definition) is 0. The third-order valence-corrected chi connectivity index (χ3v) is 6.50. The molecule has 0 atom stereocenters. The van der Waals surface area contributed by atoms with Crippen LogP contribution in [0.15, 0.2) is 36.4 Å². The predicted octanol–water partition coefficient (Wildman–Crippen LogP) is 5.50. The second-order valence-corrected chi connectivity index (χ2v) is 9.08. The summed E-state index contributed by atoms with van der Waals surface area (Å²) < 4.78 is 24.3. The van der Waals surface area contributed by atoms with E-state index in [-0.39, 0.29) is 11.5 Å². The van der Waals surface area contributed by atoms with E-state index in [0.29, 0.717) is 32.9 Å². The Morgan fingerprint density at radius 3 is 1.39 bits per heavy atom. The van der Waals surface area contributed by atoms with Crippen molar-refractivity contribution in [1.82, 2.24) is 0 Å². The molecule has 0 fully saturated rings. The smallest absolute Gasteiger partial charge is 0.150 e. The summed E-state index contributed by atoms with van der Waals surface area (Å²) in [4.78, 5) is 0. The standard InChI is InChI=1S/C16H14Cl4O2S/c17-13-3-1-11(9-15(13)19)5-7-23(21,22)8-6-12-2-4-14(18)16(20)10-12/h1-4,9-10H,5-8H2. The molecule has 0 amide bonds. The molecule has 23 heavy (non-hydrogen) atoms. The van der Waals surface area contributed by atoms with Crippen molar-refractivity contribution in [3.8, 4) is 0 Å². The summed E-state index contributed by atoms with van der Waals surface area (Å²) in [6.45, 7) is 0. The fraction of sp³-hybridized carbons (Fsp3) is 0.250. The van der Waals surface area contributed by atoms with Crippen molar-refractivity contribution >= 4 is 56.2 Å². The van der Waals surface area contributed by atoms with Crippen molar-refractivity contribution in [2.75, 3.05) is 11.5 Å². The summed E-state index contributed by atoms with van der Waals surface area (Å²) in [6, 6.07) is 10.3. The average molecular weight is 412 g/mol. The molecule has 0 N–H and O–H groups in total. The summed E-state index contributed by atoms with van der Waals surface area (Å²) in [7, 11) is -3.18. The fourth-order valence-corrected chi connectivity index (χ4v) is 3.98. The molecular weight excluding hydrogens is 398 g/mol. The summed E-state index contributed by atoms with van der Waals surface area (Å²) >= 11 is 23.5. The molecule has 0 saturated heterocycles. The number of hydrogen-bond acceptors (Lipinski definition) is 2. The zero-order chi connectivity index (χ0) is 17.0. The monoisotopic (exact) mass is 410 g/mol. The van der Waals surface area contributed by atoms with Gasteiger partial charge in [0.15, 0.2) is 9.84 Å². The molecular formula is C16H14Cl4O2S. The maximum atomic E-state index is 12.2. The van der Waals surface area contributed by atoms with E-state index in [1.165, 1.54) is 0 Å². The highest BCUT2D eigenvalue weighted by atomic mass is 35.5. The molecule has 124 valence electrons. The quantitative estimate of drug-likeness (QED) is 0.628. The Hall–Kier alpha value is -0.450.